The number of benzene rings is 3. The molecule has 0 aromatic heterocycles. The maximum absolute atomic E-state index is 12.3. The van der Waals surface area contributed by atoms with Gasteiger partial charge in [-0.1, -0.05) is 120 Å². The van der Waals surface area contributed by atoms with E-state index in [2.05, 4.69) is 97.6 Å². The maximum Gasteiger partial charge on any atom is 1.00 e. The first kappa shape index (κ1) is 34.1. The molecule has 3 aromatic rings. The second-order valence-electron chi connectivity index (χ2n) is 10.1. The van der Waals surface area contributed by atoms with E-state index in [1.54, 1.807) is 5.57 Å². The average Bonchev–Trinajstić information content (AvgIpc) is 2.93. The Morgan fingerprint density at radius 3 is 2.38 bits per heavy atom. The van der Waals surface area contributed by atoms with Gasteiger partial charge < -0.3 is 12.0 Å². The van der Waals surface area contributed by atoms with Gasteiger partial charge in [0, 0.05) is 11.5 Å². The Bertz CT molecular complexity index is 1290. The van der Waals surface area contributed by atoms with Crippen molar-refractivity contribution in [1.82, 2.24) is 0 Å². The summed E-state index contributed by atoms with van der Waals surface area (Å²) in [5, 5.41) is 2.32. The number of halogens is 1. The molecule has 2 nitrogen and oxygen atoms in total. The van der Waals surface area contributed by atoms with Crippen molar-refractivity contribution in [3.63, 3.8) is 0 Å². The predicted octanol–water partition coefficient (Wildman–Crippen LogP) is 6.77. The molecule has 4 rings (SSSR count). The Kier molecular flexibility index (Phi) is 15.4. The molecular weight excluding hydrogens is 569 g/mol. The smallest absolute Gasteiger partial charge is 1.00 e. The van der Waals surface area contributed by atoms with Crippen molar-refractivity contribution in [3.05, 3.63) is 112 Å². The van der Waals surface area contributed by atoms with Crippen LogP contribution in [0.25, 0.3) is 16.8 Å². The van der Waals surface area contributed by atoms with Crippen molar-refractivity contribution >= 4 is 39.1 Å². The fourth-order valence-electron chi connectivity index (χ4n) is 5.38. The predicted molar refractivity (Wildman–Crippen MR) is 168 cm³/mol. The summed E-state index contributed by atoms with van der Waals surface area (Å²) >= 11 is 3.50. The first-order valence-corrected chi connectivity index (χ1v) is 14.6. The Hall–Kier alpha value is -1.11. The van der Waals surface area contributed by atoms with Crippen LogP contribution in [0.1, 0.15) is 84.2 Å². The van der Waals surface area contributed by atoms with Gasteiger partial charge in [-0.3, -0.25) is 0 Å². The van der Waals surface area contributed by atoms with Crippen LogP contribution in [-0.4, -0.2) is 11.8 Å². The Morgan fingerprint density at radius 1 is 1.10 bits per heavy atom. The molecule has 202 valence electrons. The molecule has 0 saturated carbocycles. The normalized spacial score (nSPS) is 14.1. The van der Waals surface area contributed by atoms with Crippen LogP contribution < -0.4 is 57.1 Å². The zero-order valence-electron chi connectivity index (χ0n) is 25.0. The molecule has 2 N–H and O–H groups in total. The van der Waals surface area contributed by atoms with Crippen LogP contribution >= 0.6 is 15.9 Å². The van der Waals surface area contributed by atoms with Gasteiger partial charge in [0.05, 0.1) is 0 Å². The van der Waals surface area contributed by atoms with Gasteiger partial charge >= 0.3 is 51.4 Å². The maximum atomic E-state index is 12.3. The molecule has 0 spiro atoms. The minimum Gasteiger partial charge on any atom is -1.00 e. The molecule has 0 bridgehead atoms. The molecule has 1 aliphatic rings. The van der Waals surface area contributed by atoms with E-state index in [-0.39, 0.29) is 58.7 Å². The van der Waals surface area contributed by atoms with Crippen LogP contribution in [0.5, 0.6) is 0 Å². The van der Waals surface area contributed by atoms with Crippen LogP contribution in [0.2, 0.25) is 0 Å². The summed E-state index contributed by atoms with van der Waals surface area (Å²) in [5.74, 6) is -0.244. The van der Waals surface area contributed by atoms with E-state index in [4.69, 9.17) is 5.73 Å². The quantitative estimate of drug-likeness (QED) is 0.157. The summed E-state index contributed by atoms with van der Waals surface area (Å²) in [6.45, 7) is 6.50. The molecule has 3 aromatic carbocycles. The summed E-state index contributed by atoms with van der Waals surface area (Å²) in [5.41, 5.74) is 10.6. The van der Waals surface area contributed by atoms with Crippen LogP contribution in [0, 0.1) is 6.07 Å². The van der Waals surface area contributed by atoms with Crippen molar-refractivity contribution in [2.45, 2.75) is 77.2 Å². The fourth-order valence-corrected chi connectivity index (χ4v) is 5.76. The molecule has 0 radical (unpaired) electrons. The molecule has 1 aliphatic carbocycles. The van der Waals surface area contributed by atoms with Crippen molar-refractivity contribution in [3.8, 4) is 0 Å². The topological polar surface area (TPSA) is 43.1 Å². The second-order valence-corrected chi connectivity index (χ2v) is 11.0. The number of fused-ring (bicyclic) bond motifs is 1. The summed E-state index contributed by atoms with van der Waals surface area (Å²) < 4.78 is 0.945. The molecule has 0 fully saturated rings. The Balaban J connectivity index is 0.000000690. The third kappa shape index (κ3) is 10.0. The molecule has 0 amide bonds. The van der Waals surface area contributed by atoms with Crippen molar-refractivity contribution in [2.75, 3.05) is 0 Å². The summed E-state index contributed by atoms with van der Waals surface area (Å²) in [4.78, 5) is 12.3. The van der Waals surface area contributed by atoms with Gasteiger partial charge in [-0.05, 0) is 54.7 Å². The van der Waals surface area contributed by atoms with Crippen LogP contribution in [0.3, 0.4) is 0 Å². The first-order valence-electron chi connectivity index (χ1n) is 13.8. The monoisotopic (exact) mass is 609 g/mol. The molecule has 39 heavy (non-hydrogen) atoms. The first-order chi connectivity index (χ1) is 18.4. The largest absolute Gasteiger partial charge is 1.00 e. The van der Waals surface area contributed by atoms with E-state index in [0.29, 0.717) is 5.57 Å². The van der Waals surface area contributed by atoms with E-state index in [1.807, 2.05) is 36.4 Å². The van der Waals surface area contributed by atoms with Crippen LogP contribution in [0.4, 0.5) is 0 Å². The third-order valence-corrected chi connectivity index (χ3v) is 7.69. The van der Waals surface area contributed by atoms with Crippen molar-refractivity contribution < 1.29 is 57.6 Å². The molecule has 1 unspecified atom stereocenters. The van der Waals surface area contributed by atoms with Crippen molar-refractivity contribution in [1.29, 1.82) is 0 Å². The Labute approximate surface area is 288 Å². The van der Waals surface area contributed by atoms with Crippen LogP contribution in [-0.2, 0) is 4.79 Å². The SMILES string of the molecule is CCC1=CC=CCC1.CCCC(N)(CCC)C(/C([C-]=O)=C/c1[c-]ccc(Br)c1)c1ccc2ccccc2c1.[H-].[K+]. The molecule has 4 heteroatoms. The van der Waals surface area contributed by atoms with Gasteiger partial charge in [0.2, 0.25) is 0 Å². The van der Waals surface area contributed by atoms with Gasteiger partial charge in [0.15, 0.2) is 0 Å². The zero-order chi connectivity index (χ0) is 27.4. The number of hydrogen-bond acceptors (Lipinski definition) is 2. The average molecular weight is 611 g/mol. The summed E-state index contributed by atoms with van der Waals surface area (Å²) in [7, 11) is 0. The minimum absolute atomic E-state index is 0. The van der Waals surface area contributed by atoms with Gasteiger partial charge in [-0.25, -0.2) is 0 Å². The Morgan fingerprint density at radius 2 is 1.82 bits per heavy atom. The number of rotatable bonds is 10. The molecule has 0 heterocycles. The van der Waals surface area contributed by atoms with Gasteiger partial charge in [0.25, 0.3) is 0 Å². The van der Waals surface area contributed by atoms with Crippen molar-refractivity contribution in [2.24, 2.45) is 5.73 Å². The van der Waals surface area contributed by atoms with Gasteiger partial charge in [-0.15, -0.1) is 35.9 Å². The van der Waals surface area contributed by atoms with E-state index in [1.165, 1.54) is 24.6 Å². The third-order valence-electron chi connectivity index (χ3n) is 7.19. The minimum atomic E-state index is -0.527. The fraction of sp³-hybridized carbons (Fsp3) is 0.343. The van der Waals surface area contributed by atoms with Gasteiger partial charge in [0.1, 0.15) is 0 Å². The number of hydrogen-bond donors (Lipinski definition) is 1. The molecule has 0 saturated heterocycles. The number of allylic oxidation sites excluding steroid dienone is 4. The summed E-state index contributed by atoms with van der Waals surface area (Å²) in [6, 6.07) is 23.6. The summed E-state index contributed by atoms with van der Waals surface area (Å²) in [6.07, 6.45) is 18.1. The standard InChI is InChI=1S/C27H28BrNO.C8H12.K.H/c1-3-14-27(29,15-4-2)26(23-13-12-21-9-5-6-10-22(21)18-23)24(19-30)16-20-8-7-11-25(28)17-20;1-2-8-6-4-3-5-7-8;;/h5-7,9-13,16-18,26H,3-4,14-15,29H2,1-2H3;3-4,6H,2,5,7H2,1H3;;/q-2;;+1;-1/b24-16+;;;. The zero-order valence-corrected chi connectivity index (χ0v) is 28.7. The van der Waals surface area contributed by atoms with Gasteiger partial charge in [-0.2, -0.15) is 5.56 Å². The van der Waals surface area contributed by atoms with E-state index in [9.17, 15) is 4.79 Å². The number of carbonyl (C=O) groups excluding carboxylic acids is 1. The van der Waals surface area contributed by atoms with Crippen LogP contribution in [0.15, 0.2) is 94.5 Å². The number of nitrogens with two attached hydrogens (primary N) is 1. The van der Waals surface area contributed by atoms with E-state index < -0.39 is 5.54 Å². The second kappa shape index (κ2) is 17.6. The molecule has 1 atom stereocenters. The van der Waals surface area contributed by atoms with E-state index in [0.717, 1.165) is 46.7 Å². The molecule has 0 aliphatic heterocycles. The molecular formula is C35H41BrKNO-2. The van der Waals surface area contributed by atoms with E-state index >= 15 is 0 Å².